The normalized spacial score (nSPS) is 15.2. The maximum atomic E-state index is 10.6. The van der Waals surface area contributed by atoms with Crippen LogP contribution in [0.2, 0.25) is 0 Å². The van der Waals surface area contributed by atoms with E-state index in [1.165, 1.54) is 13.8 Å². The van der Waals surface area contributed by atoms with E-state index in [4.69, 9.17) is 10.8 Å². The van der Waals surface area contributed by atoms with Gasteiger partial charge in [0.25, 0.3) is 0 Å². The van der Waals surface area contributed by atoms with E-state index in [1.807, 2.05) is 0 Å². The van der Waals surface area contributed by atoms with E-state index in [2.05, 4.69) is 4.74 Å². The Morgan fingerprint density at radius 3 is 2.18 bits per heavy atom. The first-order chi connectivity index (χ1) is 4.95. The van der Waals surface area contributed by atoms with Gasteiger partial charge in [-0.1, -0.05) is 0 Å². The Morgan fingerprint density at radius 2 is 1.91 bits per heavy atom. The molecule has 11 heavy (non-hydrogen) atoms. The molecule has 0 radical (unpaired) electrons. The van der Waals surface area contributed by atoms with Gasteiger partial charge in [0.05, 0.1) is 0 Å². The van der Waals surface area contributed by atoms with Gasteiger partial charge < -0.3 is 15.6 Å². The zero-order chi connectivity index (χ0) is 9.02. The van der Waals surface area contributed by atoms with Crippen LogP contribution in [0.1, 0.15) is 13.8 Å². The highest BCUT2D eigenvalue weighted by molar-refractivity contribution is 5.80. The molecule has 0 aliphatic rings. The molecule has 0 fully saturated rings. The number of carbonyl (C=O) groups is 2. The molecule has 0 aromatic carbocycles. The van der Waals surface area contributed by atoms with Crippen LogP contribution < -0.4 is 5.73 Å². The molecular formula is C6H11NO4. The van der Waals surface area contributed by atoms with Crippen molar-refractivity contribution < 1.29 is 19.4 Å². The van der Waals surface area contributed by atoms with Gasteiger partial charge in [0, 0.05) is 0 Å². The lowest BCUT2D eigenvalue weighted by molar-refractivity contribution is -0.163. The van der Waals surface area contributed by atoms with Crippen LogP contribution in [0.4, 0.5) is 0 Å². The number of aliphatic carboxylic acids is 1. The molecule has 0 aliphatic carbocycles. The van der Waals surface area contributed by atoms with Gasteiger partial charge in [-0.25, -0.2) is 4.79 Å². The molecule has 0 spiro atoms. The Hall–Kier alpha value is -1.10. The summed E-state index contributed by atoms with van der Waals surface area (Å²) in [5.74, 6) is -1.89. The van der Waals surface area contributed by atoms with Crippen LogP contribution in [0.25, 0.3) is 0 Å². The van der Waals surface area contributed by atoms with Crippen LogP contribution >= 0.6 is 0 Å². The predicted molar refractivity (Wildman–Crippen MR) is 36.8 cm³/mol. The fourth-order valence-corrected chi connectivity index (χ4v) is 0.332. The Kier molecular flexibility index (Phi) is 3.53. The lowest BCUT2D eigenvalue weighted by atomic mass is 10.3. The van der Waals surface area contributed by atoms with Crippen molar-refractivity contribution in [2.45, 2.75) is 26.0 Å². The summed E-state index contributed by atoms with van der Waals surface area (Å²) in [5, 5.41) is 8.29. The van der Waals surface area contributed by atoms with Crippen LogP contribution in [0, 0.1) is 0 Å². The van der Waals surface area contributed by atoms with Crippen molar-refractivity contribution in [2.24, 2.45) is 5.73 Å². The first-order valence-corrected chi connectivity index (χ1v) is 3.14. The van der Waals surface area contributed by atoms with E-state index in [0.717, 1.165) is 0 Å². The Morgan fingerprint density at radius 1 is 1.45 bits per heavy atom. The summed E-state index contributed by atoms with van der Waals surface area (Å²) < 4.78 is 4.41. The Balaban J connectivity index is 3.85. The van der Waals surface area contributed by atoms with E-state index in [9.17, 15) is 9.59 Å². The molecule has 5 heteroatoms. The van der Waals surface area contributed by atoms with Crippen molar-refractivity contribution in [2.75, 3.05) is 0 Å². The minimum Gasteiger partial charge on any atom is -0.479 e. The molecule has 0 aliphatic heterocycles. The van der Waals surface area contributed by atoms with Crippen molar-refractivity contribution in [1.29, 1.82) is 0 Å². The number of carbonyl (C=O) groups excluding carboxylic acids is 1. The maximum absolute atomic E-state index is 10.6. The molecule has 0 aromatic rings. The third kappa shape index (κ3) is 3.57. The third-order valence-electron chi connectivity index (χ3n) is 1.01. The fraction of sp³-hybridized carbons (Fsp3) is 0.667. The number of carboxylic acids is 1. The zero-order valence-corrected chi connectivity index (χ0v) is 6.40. The average Bonchev–Trinajstić information content (AvgIpc) is 1.87. The molecule has 2 atom stereocenters. The number of nitrogens with two attached hydrogens (primary N) is 1. The number of hydrogen-bond acceptors (Lipinski definition) is 4. The van der Waals surface area contributed by atoms with Crippen LogP contribution in [-0.2, 0) is 14.3 Å². The molecule has 0 bridgehead atoms. The first-order valence-electron chi connectivity index (χ1n) is 3.14. The third-order valence-corrected chi connectivity index (χ3v) is 1.01. The van der Waals surface area contributed by atoms with Crippen LogP contribution in [0.3, 0.4) is 0 Å². The Bertz CT molecular complexity index is 166. The van der Waals surface area contributed by atoms with Crippen LogP contribution in [0.15, 0.2) is 0 Å². The molecular weight excluding hydrogens is 150 g/mol. The summed E-state index contributed by atoms with van der Waals surface area (Å²) in [6.45, 7) is 2.69. The summed E-state index contributed by atoms with van der Waals surface area (Å²) in [6.07, 6.45) is -1.13. The van der Waals surface area contributed by atoms with Crippen LogP contribution in [-0.4, -0.2) is 29.2 Å². The molecule has 64 valence electrons. The molecule has 0 rings (SSSR count). The van der Waals surface area contributed by atoms with Crippen molar-refractivity contribution >= 4 is 11.9 Å². The van der Waals surface area contributed by atoms with Crippen LogP contribution in [0.5, 0.6) is 0 Å². The summed E-state index contributed by atoms with van der Waals surface area (Å²) >= 11 is 0. The smallest absolute Gasteiger partial charge is 0.344 e. The summed E-state index contributed by atoms with van der Waals surface area (Å²) in [6, 6.07) is -0.781. The number of ether oxygens (including phenoxy) is 1. The van der Waals surface area contributed by atoms with Gasteiger partial charge in [-0.15, -0.1) is 0 Å². The molecule has 3 N–H and O–H groups in total. The van der Waals surface area contributed by atoms with Crippen molar-refractivity contribution in [3.63, 3.8) is 0 Å². The zero-order valence-electron chi connectivity index (χ0n) is 6.40. The second kappa shape index (κ2) is 3.92. The fourth-order valence-electron chi connectivity index (χ4n) is 0.332. The van der Waals surface area contributed by atoms with Crippen molar-refractivity contribution in [3.05, 3.63) is 0 Å². The second-order valence-electron chi connectivity index (χ2n) is 2.21. The van der Waals surface area contributed by atoms with E-state index in [-0.39, 0.29) is 0 Å². The highest BCUT2D eigenvalue weighted by atomic mass is 16.6. The van der Waals surface area contributed by atoms with E-state index in [1.54, 1.807) is 0 Å². The quantitative estimate of drug-likeness (QED) is 0.537. The number of carboxylic acid groups (broad SMARTS) is 1. The number of rotatable bonds is 3. The standard InChI is InChI=1S/C6H11NO4/c1-3(7)6(10)11-4(2)5(8)9/h3-4H,7H2,1-2H3,(H,8,9)/t3-,4-/m1/s1. The lowest BCUT2D eigenvalue weighted by Gasteiger charge is -2.09. The molecule has 5 nitrogen and oxygen atoms in total. The molecule has 0 heterocycles. The maximum Gasteiger partial charge on any atom is 0.344 e. The minimum absolute atomic E-state index is 0.708. The lowest BCUT2D eigenvalue weighted by Crippen LogP contribution is -2.34. The average molecular weight is 161 g/mol. The van der Waals surface area contributed by atoms with Gasteiger partial charge in [0.1, 0.15) is 6.04 Å². The molecule has 0 saturated carbocycles. The largest absolute Gasteiger partial charge is 0.479 e. The van der Waals surface area contributed by atoms with E-state index < -0.39 is 24.1 Å². The van der Waals surface area contributed by atoms with Crippen molar-refractivity contribution in [1.82, 2.24) is 0 Å². The number of hydrogen-bond donors (Lipinski definition) is 2. The predicted octanol–water partition coefficient (Wildman–Crippen LogP) is -0.650. The number of esters is 1. The summed E-state index contributed by atoms with van der Waals surface area (Å²) in [7, 11) is 0. The minimum atomic E-state index is -1.18. The Labute approximate surface area is 64.1 Å². The second-order valence-corrected chi connectivity index (χ2v) is 2.21. The van der Waals surface area contributed by atoms with Gasteiger partial charge in [-0.3, -0.25) is 4.79 Å². The van der Waals surface area contributed by atoms with Gasteiger partial charge in [-0.2, -0.15) is 0 Å². The van der Waals surface area contributed by atoms with Gasteiger partial charge in [-0.05, 0) is 13.8 Å². The van der Waals surface area contributed by atoms with Gasteiger partial charge in [0.15, 0.2) is 6.10 Å². The highest BCUT2D eigenvalue weighted by Gasteiger charge is 2.18. The molecule has 0 saturated heterocycles. The van der Waals surface area contributed by atoms with Crippen molar-refractivity contribution in [3.8, 4) is 0 Å². The van der Waals surface area contributed by atoms with Gasteiger partial charge in [0.2, 0.25) is 0 Å². The van der Waals surface area contributed by atoms with E-state index in [0.29, 0.717) is 0 Å². The summed E-state index contributed by atoms with van der Waals surface area (Å²) in [4.78, 5) is 20.8. The molecule has 0 aromatic heterocycles. The monoisotopic (exact) mass is 161 g/mol. The SMILES string of the molecule is C[C@@H](N)C(=O)O[C@H](C)C(=O)O. The molecule has 0 unspecified atom stereocenters. The summed E-state index contributed by atoms with van der Waals surface area (Å²) in [5.41, 5.74) is 5.12. The highest BCUT2D eigenvalue weighted by Crippen LogP contribution is 1.93. The van der Waals surface area contributed by atoms with E-state index >= 15 is 0 Å². The topological polar surface area (TPSA) is 89.6 Å². The van der Waals surface area contributed by atoms with Gasteiger partial charge >= 0.3 is 11.9 Å². The first kappa shape index (κ1) is 9.90. The molecule has 0 amide bonds.